The molecule has 1 aliphatic heterocycles. The Bertz CT molecular complexity index is 718. The van der Waals surface area contributed by atoms with Crippen molar-refractivity contribution in [3.63, 3.8) is 0 Å². The predicted octanol–water partition coefficient (Wildman–Crippen LogP) is 2.47. The number of carbonyl (C=O) groups is 2. The molecule has 6 nitrogen and oxygen atoms in total. The van der Waals surface area contributed by atoms with Crippen molar-refractivity contribution in [2.24, 2.45) is 17.1 Å². The van der Waals surface area contributed by atoms with Gasteiger partial charge in [-0.3, -0.25) is 9.59 Å². The third-order valence-corrected chi connectivity index (χ3v) is 4.65. The van der Waals surface area contributed by atoms with Crippen molar-refractivity contribution in [3.05, 3.63) is 22.8 Å². The van der Waals surface area contributed by atoms with Crippen molar-refractivity contribution in [1.82, 2.24) is 0 Å². The summed E-state index contributed by atoms with van der Waals surface area (Å²) in [6.07, 6.45) is -5.83. The summed E-state index contributed by atoms with van der Waals surface area (Å²) in [5, 5.41) is 9.27. The average Bonchev–Trinajstić information content (AvgIpc) is 2.52. The Morgan fingerprint density at radius 2 is 2.12 bits per heavy atom. The van der Waals surface area contributed by atoms with Gasteiger partial charge in [-0.15, -0.1) is 0 Å². The zero-order valence-electron chi connectivity index (χ0n) is 13.7. The lowest BCUT2D eigenvalue weighted by atomic mass is 9.64. The number of Topliss-reactive ketones (excluding diaryl/α,β-unsaturated/α-hetero) is 1. The van der Waals surface area contributed by atoms with Gasteiger partial charge in [0, 0.05) is 12.8 Å². The van der Waals surface area contributed by atoms with Gasteiger partial charge in [-0.05, 0) is 5.92 Å². The predicted molar refractivity (Wildman–Crippen MR) is 78.1 cm³/mol. The van der Waals surface area contributed by atoms with Gasteiger partial charge in [0.1, 0.15) is 22.8 Å². The normalized spacial score (nSPS) is 26.7. The molecule has 2 atom stereocenters. The highest BCUT2D eigenvalue weighted by Crippen LogP contribution is 2.58. The van der Waals surface area contributed by atoms with Crippen LogP contribution in [0.5, 0.6) is 0 Å². The molecule has 0 saturated heterocycles. The van der Waals surface area contributed by atoms with Gasteiger partial charge in [0.2, 0.25) is 5.88 Å². The SMILES string of the molecule is CC[C@H]1CC(=O)C2=C(C1)OC(N)=C(C#N)[C@]2(CC(=O)OC)C(F)(F)F. The Hall–Kier alpha value is -2.50. The smallest absolute Gasteiger partial charge is 0.404 e. The summed E-state index contributed by atoms with van der Waals surface area (Å²) >= 11 is 0. The molecular formula is C16H17F3N2O4. The second kappa shape index (κ2) is 6.43. The molecule has 0 unspecified atom stereocenters. The maximum atomic E-state index is 14.1. The van der Waals surface area contributed by atoms with Crippen molar-refractivity contribution >= 4 is 11.8 Å². The van der Waals surface area contributed by atoms with E-state index >= 15 is 0 Å². The number of hydrogen-bond acceptors (Lipinski definition) is 6. The molecule has 0 radical (unpaired) electrons. The molecule has 136 valence electrons. The molecular weight excluding hydrogens is 341 g/mol. The minimum atomic E-state index is -5.12. The number of nitrogens with two attached hydrogens (primary N) is 1. The molecule has 0 amide bonds. The molecule has 2 rings (SSSR count). The van der Waals surface area contributed by atoms with Gasteiger partial charge in [0.25, 0.3) is 0 Å². The summed E-state index contributed by atoms with van der Waals surface area (Å²) in [6, 6.07) is 1.37. The summed E-state index contributed by atoms with van der Waals surface area (Å²) in [5.74, 6) is -3.16. The van der Waals surface area contributed by atoms with Crippen LogP contribution in [0.2, 0.25) is 0 Å². The van der Waals surface area contributed by atoms with Crippen LogP contribution in [0.25, 0.3) is 0 Å². The lowest BCUT2D eigenvalue weighted by molar-refractivity contribution is -0.206. The number of methoxy groups -OCH3 is 1. The molecule has 0 aromatic carbocycles. The average molecular weight is 358 g/mol. The van der Waals surface area contributed by atoms with Gasteiger partial charge in [-0.1, -0.05) is 13.3 Å². The number of ether oxygens (including phenoxy) is 2. The van der Waals surface area contributed by atoms with E-state index in [4.69, 9.17) is 10.5 Å². The van der Waals surface area contributed by atoms with Crippen molar-refractivity contribution in [1.29, 1.82) is 5.26 Å². The van der Waals surface area contributed by atoms with E-state index in [-0.39, 0.29) is 24.5 Å². The fourth-order valence-electron chi connectivity index (χ4n) is 3.33. The first-order valence-electron chi connectivity index (χ1n) is 7.60. The number of hydrogen-bond donors (Lipinski definition) is 1. The lowest BCUT2D eigenvalue weighted by Crippen LogP contribution is -2.50. The molecule has 1 heterocycles. The summed E-state index contributed by atoms with van der Waals surface area (Å²) in [5.41, 5.74) is 0.704. The molecule has 2 aliphatic rings. The van der Waals surface area contributed by atoms with Gasteiger partial charge >= 0.3 is 12.1 Å². The zero-order valence-corrected chi connectivity index (χ0v) is 13.7. The van der Waals surface area contributed by atoms with Crippen LogP contribution in [0.3, 0.4) is 0 Å². The van der Waals surface area contributed by atoms with Gasteiger partial charge in [0.15, 0.2) is 5.78 Å². The largest absolute Gasteiger partial charge is 0.469 e. The molecule has 25 heavy (non-hydrogen) atoms. The third-order valence-electron chi connectivity index (χ3n) is 4.65. The molecule has 2 N–H and O–H groups in total. The van der Waals surface area contributed by atoms with E-state index in [1.807, 2.05) is 0 Å². The van der Waals surface area contributed by atoms with E-state index in [0.29, 0.717) is 6.42 Å². The molecule has 9 heteroatoms. The van der Waals surface area contributed by atoms with E-state index in [9.17, 15) is 28.0 Å². The summed E-state index contributed by atoms with van der Waals surface area (Å²) in [6.45, 7) is 1.80. The van der Waals surface area contributed by atoms with E-state index in [2.05, 4.69) is 4.74 Å². The highest BCUT2D eigenvalue weighted by atomic mass is 19.4. The number of rotatable bonds is 3. The molecule has 0 aromatic rings. The van der Waals surface area contributed by atoms with Gasteiger partial charge in [0.05, 0.1) is 19.1 Å². The second-order valence-electron chi connectivity index (χ2n) is 6.01. The van der Waals surface area contributed by atoms with Crippen LogP contribution in [0.4, 0.5) is 13.2 Å². The number of esters is 1. The van der Waals surface area contributed by atoms with E-state index < -0.39 is 46.8 Å². The molecule has 0 aromatic heterocycles. The topological polar surface area (TPSA) is 102 Å². The third kappa shape index (κ3) is 2.86. The van der Waals surface area contributed by atoms with Crippen LogP contribution in [-0.4, -0.2) is 25.0 Å². The monoisotopic (exact) mass is 358 g/mol. The van der Waals surface area contributed by atoms with Crippen molar-refractivity contribution in [2.45, 2.75) is 38.8 Å². The Kier molecular flexibility index (Phi) is 4.84. The van der Waals surface area contributed by atoms with Crippen molar-refractivity contribution < 1.29 is 32.2 Å². The van der Waals surface area contributed by atoms with E-state index in [1.165, 1.54) is 6.07 Å². The minimum Gasteiger partial charge on any atom is -0.469 e. The number of carbonyl (C=O) groups excluding carboxylic acids is 2. The van der Waals surface area contributed by atoms with Crippen molar-refractivity contribution in [2.75, 3.05) is 7.11 Å². The van der Waals surface area contributed by atoms with Crippen LogP contribution in [-0.2, 0) is 19.1 Å². The van der Waals surface area contributed by atoms with E-state index in [1.54, 1.807) is 6.92 Å². The highest BCUT2D eigenvalue weighted by molar-refractivity contribution is 6.00. The molecule has 0 spiro atoms. The first kappa shape index (κ1) is 18.8. The number of nitrogens with zero attached hydrogens (tertiary/aromatic N) is 1. The van der Waals surface area contributed by atoms with Gasteiger partial charge < -0.3 is 15.2 Å². The summed E-state index contributed by atoms with van der Waals surface area (Å²) < 4.78 is 52.0. The summed E-state index contributed by atoms with van der Waals surface area (Å²) in [7, 11) is 0.927. The quantitative estimate of drug-likeness (QED) is 0.778. The zero-order chi connectivity index (χ0) is 19.0. The van der Waals surface area contributed by atoms with Crippen LogP contribution < -0.4 is 5.73 Å². The Morgan fingerprint density at radius 3 is 2.60 bits per heavy atom. The Morgan fingerprint density at radius 1 is 1.48 bits per heavy atom. The summed E-state index contributed by atoms with van der Waals surface area (Å²) in [4.78, 5) is 24.3. The lowest BCUT2D eigenvalue weighted by Gasteiger charge is -2.42. The number of allylic oxidation sites excluding steroid dienone is 3. The Labute approximate surface area is 142 Å². The molecule has 0 fully saturated rings. The van der Waals surface area contributed by atoms with Crippen LogP contribution in [0, 0.1) is 22.7 Å². The van der Waals surface area contributed by atoms with Crippen LogP contribution >= 0.6 is 0 Å². The first-order valence-corrected chi connectivity index (χ1v) is 7.60. The second-order valence-corrected chi connectivity index (χ2v) is 6.01. The first-order chi connectivity index (χ1) is 11.6. The number of ketones is 1. The molecule has 0 bridgehead atoms. The maximum Gasteiger partial charge on any atom is 0.404 e. The maximum absolute atomic E-state index is 14.1. The highest BCUT2D eigenvalue weighted by Gasteiger charge is 2.66. The fraction of sp³-hybridized carbons (Fsp3) is 0.562. The fourth-order valence-corrected chi connectivity index (χ4v) is 3.33. The standard InChI is InChI=1S/C16H17F3N2O4/c1-3-8-4-10(22)13-11(5-8)25-14(21)9(7-20)15(13,16(17,18)19)6-12(23)24-2/h8H,3-6,21H2,1-2H3/t8-,15-/m0/s1. The van der Waals surface area contributed by atoms with Gasteiger partial charge in [-0.2, -0.15) is 18.4 Å². The number of alkyl halides is 3. The van der Waals surface area contributed by atoms with E-state index in [0.717, 1.165) is 7.11 Å². The van der Waals surface area contributed by atoms with Crippen molar-refractivity contribution in [3.8, 4) is 6.07 Å². The number of halogens is 3. The molecule has 1 aliphatic carbocycles. The molecule has 0 saturated carbocycles. The van der Waals surface area contributed by atoms with Crippen LogP contribution in [0.15, 0.2) is 22.8 Å². The van der Waals surface area contributed by atoms with Crippen LogP contribution in [0.1, 0.15) is 32.6 Å². The minimum absolute atomic E-state index is 0.0793. The number of nitriles is 1. The Balaban J connectivity index is 2.79. The van der Waals surface area contributed by atoms with Gasteiger partial charge in [-0.25, -0.2) is 0 Å².